The fraction of sp³-hybridized carbons (Fsp3) is 0.900. The van der Waals surface area contributed by atoms with Crippen molar-refractivity contribution in [3.8, 4) is 0 Å². The largest absolute Gasteiger partial charge is 0.354 e. The third kappa shape index (κ3) is 3.35. The first kappa shape index (κ1) is 10.5. The van der Waals surface area contributed by atoms with Crippen molar-refractivity contribution >= 4 is 5.91 Å². The van der Waals surface area contributed by atoms with Crippen LogP contribution in [-0.2, 0) is 4.79 Å². The number of hydrogen-bond acceptors (Lipinski definition) is 2. The quantitative estimate of drug-likeness (QED) is 0.688. The van der Waals surface area contributed by atoms with Gasteiger partial charge in [-0.2, -0.15) is 0 Å². The SMILES string of the molecule is CC(C)(N)C(=O)NCC1CCCC1. The Kier molecular flexibility index (Phi) is 3.31. The molecule has 3 heteroatoms. The van der Waals surface area contributed by atoms with Crippen molar-refractivity contribution in [2.75, 3.05) is 6.54 Å². The molecule has 0 bridgehead atoms. The van der Waals surface area contributed by atoms with E-state index in [4.69, 9.17) is 5.73 Å². The lowest BCUT2D eigenvalue weighted by Crippen LogP contribution is -2.50. The monoisotopic (exact) mass is 184 g/mol. The molecule has 76 valence electrons. The van der Waals surface area contributed by atoms with Crippen molar-refractivity contribution in [3.05, 3.63) is 0 Å². The lowest BCUT2D eigenvalue weighted by Gasteiger charge is -2.19. The zero-order chi connectivity index (χ0) is 9.90. The van der Waals surface area contributed by atoms with E-state index >= 15 is 0 Å². The van der Waals surface area contributed by atoms with E-state index in [0.717, 1.165) is 6.54 Å². The van der Waals surface area contributed by atoms with Crippen LogP contribution >= 0.6 is 0 Å². The molecule has 0 spiro atoms. The van der Waals surface area contributed by atoms with Crippen LogP contribution in [0.5, 0.6) is 0 Å². The molecule has 1 aliphatic carbocycles. The van der Waals surface area contributed by atoms with Gasteiger partial charge in [-0.05, 0) is 32.6 Å². The number of nitrogens with one attached hydrogen (secondary N) is 1. The van der Waals surface area contributed by atoms with E-state index in [1.54, 1.807) is 13.8 Å². The predicted molar refractivity (Wildman–Crippen MR) is 53.2 cm³/mol. The molecule has 1 rings (SSSR count). The molecule has 1 amide bonds. The third-order valence-corrected chi connectivity index (χ3v) is 2.61. The molecule has 0 heterocycles. The summed E-state index contributed by atoms with van der Waals surface area (Å²) < 4.78 is 0. The van der Waals surface area contributed by atoms with Crippen molar-refractivity contribution < 1.29 is 4.79 Å². The molecule has 0 aromatic rings. The highest BCUT2D eigenvalue weighted by Crippen LogP contribution is 2.23. The van der Waals surface area contributed by atoms with Gasteiger partial charge >= 0.3 is 0 Å². The summed E-state index contributed by atoms with van der Waals surface area (Å²) in [7, 11) is 0. The summed E-state index contributed by atoms with van der Waals surface area (Å²) in [6, 6.07) is 0. The Labute approximate surface area is 80.1 Å². The molecule has 0 atom stereocenters. The molecule has 3 N–H and O–H groups in total. The van der Waals surface area contributed by atoms with Crippen LogP contribution in [0.3, 0.4) is 0 Å². The summed E-state index contributed by atoms with van der Waals surface area (Å²) in [5.74, 6) is 0.644. The molecule has 0 unspecified atom stereocenters. The minimum Gasteiger partial charge on any atom is -0.354 e. The molecule has 0 aromatic heterocycles. The van der Waals surface area contributed by atoms with Crippen molar-refractivity contribution in [2.45, 2.75) is 45.1 Å². The van der Waals surface area contributed by atoms with Crippen molar-refractivity contribution in [3.63, 3.8) is 0 Å². The van der Waals surface area contributed by atoms with E-state index in [0.29, 0.717) is 5.92 Å². The van der Waals surface area contributed by atoms with Crippen LogP contribution in [0.1, 0.15) is 39.5 Å². The lowest BCUT2D eigenvalue weighted by atomic mass is 10.0. The van der Waals surface area contributed by atoms with Crippen LogP contribution in [-0.4, -0.2) is 18.0 Å². The van der Waals surface area contributed by atoms with Gasteiger partial charge in [-0.25, -0.2) is 0 Å². The van der Waals surface area contributed by atoms with Crippen molar-refractivity contribution in [1.29, 1.82) is 0 Å². The van der Waals surface area contributed by atoms with Crippen LogP contribution in [0.25, 0.3) is 0 Å². The molecule has 1 aliphatic rings. The summed E-state index contributed by atoms with van der Waals surface area (Å²) in [6.45, 7) is 4.27. The standard InChI is InChI=1S/C10H20N2O/c1-10(2,11)9(13)12-7-8-5-3-4-6-8/h8H,3-7,11H2,1-2H3,(H,12,13). The summed E-state index contributed by atoms with van der Waals surface area (Å²) in [4.78, 5) is 11.4. The molecular formula is C10H20N2O. The van der Waals surface area contributed by atoms with Gasteiger partial charge in [-0.3, -0.25) is 4.79 Å². The second-order valence-corrected chi connectivity index (χ2v) is 4.58. The topological polar surface area (TPSA) is 55.1 Å². The Morgan fingerprint density at radius 2 is 2.00 bits per heavy atom. The highest BCUT2D eigenvalue weighted by molar-refractivity contribution is 5.84. The molecule has 1 fully saturated rings. The predicted octanol–water partition coefficient (Wildman–Crippen LogP) is 1.03. The Morgan fingerprint density at radius 3 is 2.46 bits per heavy atom. The normalized spacial score (nSPS) is 19.0. The zero-order valence-electron chi connectivity index (χ0n) is 8.60. The van der Waals surface area contributed by atoms with Gasteiger partial charge in [0.1, 0.15) is 0 Å². The minimum atomic E-state index is -0.737. The van der Waals surface area contributed by atoms with Gasteiger partial charge in [0, 0.05) is 6.54 Å². The van der Waals surface area contributed by atoms with Gasteiger partial charge in [0.05, 0.1) is 5.54 Å². The molecule has 13 heavy (non-hydrogen) atoms. The Hall–Kier alpha value is -0.570. The van der Waals surface area contributed by atoms with Crippen LogP contribution < -0.4 is 11.1 Å². The summed E-state index contributed by atoms with van der Waals surface area (Å²) in [5, 5.41) is 2.90. The number of hydrogen-bond donors (Lipinski definition) is 2. The Bertz CT molecular complexity index is 178. The maximum Gasteiger partial charge on any atom is 0.239 e. The van der Waals surface area contributed by atoms with Gasteiger partial charge < -0.3 is 11.1 Å². The lowest BCUT2D eigenvalue weighted by molar-refractivity contribution is -0.125. The summed E-state index contributed by atoms with van der Waals surface area (Å²) in [6.07, 6.45) is 5.13. The highest BCUT2D eigenvalue weighted by Gasteiger charge is 2.23. The second-order valence-electron chi connectivity index (χ2n) is 4.58. The zero-order valence-corrected chi connectivity index (χ0v) is 8.60. The Morgan fingerprint density at radius 1 is 1.46 bits per heavy atom. The molecule has 0 aliphatic heterocycles. The second kappa shape index (κ2) is 4.09. The van der Waals surface area contributed by atoms with Crippen LogP contribution in [0.15, 0.2) is 0 Å². The number of carbonyl (C=O) groups is 1. The summed E-state index contributed by atoms with van der Waals surface area (Å²) in [5.41, 5.74) is 4.91. The third-order valence-electron chi connectivity index (χ3n) is 2.61. The van der Waals surface area contributed by atoms with Crippen LogP contribution in [0, 0.1) is 5.92 Å². The van der Waals surface area contributed by atoms with E-state index in [1.165, 1.54) is 25.7 Å². The molecule has 1 saturated carbocycles. The molecule has 3 nitrogen and oxygen atoms in total. The molecular weight excluding hydrogens is 164 g/mol. The minimum absolute atomic E-state index is 0.0422. The molecule has 0 aromatic carbocycles. The van der Waals surface area contributed by atoms with E-state index in [1.807, 2.05) is 0 Å². The average molecular weight is 184 g/mol. The van der Waals surface area contributed by atoms with Gasteiger partial charge in [-0.1, -0.05) is 12.8 Å². The van der Waals surface area contributed by atoms with Crippen molar-refractivity contribution in [1.82, 2.24) is 5.32 Å². The van der Waals surface area contributed by atoms with Crippen LogP contribution in [0.4, 0.5) is 0 Å². The first-order chi connectivity index (χ1) is 6.00. The van der Waals surface area contributed by atoms with Gasteiger partial charge in [0.15, 0.2) is 0 Å². The van der Waals surface area contributed by atoms with E-state index in [2.05, 4.69) is 5.32 Å². The van der Waals surface area contributed by atoms with E-state index in [-0.39, 0.29) is 5.91 Å². The maximum absolute atomic E-state index is 11.4. The smallest absolute Gasteiger partial charge is 0.239 e. The average Bonchev–Trinajstić information content (AvgIpc) is 2.50. The Balaban J connectivity index is 2.22. The maximum atomic E-state index is 11.4. The summed E-state index contributed by atoms with van der Waals surface area (Å²) >= 11 is 0. The first-order valence-corrected chi connectivity index (χ1v) is 5.07. The van der Waals surface area contributed by atoms with Gasteiger partial charge in [0.25, 0.3) is 0 Å². The molecule has 0 saturated heterocycles. The van der Waals surface area contributed by atoms with Crippen LogP contribution in [0.2, 0.25) is 0 Å². The fourth-order valence-corrected chi connectivity index (χ4v) is 1.68. The highest BCUT2D eigenvalue weighted by atomic mass is 16.2. The number of carbonyl (C=O) groups excluding carboxylic acids is 1. The molecule has 0 radical (unpaired) electrons. The first-order valence-electron chi connectivity index (χ1n) is 5.07. The van der Waals surface area contributed by atoms with Crippen molar-refractivity contribution in [2.24, 2.45) is 11.7 Å². The fourth-order valence-electron chi connectivity index (χ4n) is 1.68. The van der Waals surface area contributed by atoms with Gasteiger partial charge in [0.2, 0.25) is 5.91 Å². The number of nitrogens with two attached hydrogens (primary N) is 1. The van der Waals surface area contributed by atoms with E-state index < -0.39 is 5.54 Å². The number of amides is 1. The van der Waals surface area contributed by atoms with Gasteiger partial charge in [-0.15, -0.1) is 0 Å². The van der Waals surface area contributed by atoms with E-state index in [9.17, 15) is 4.79 Å². The number of rotatable bonds is 3.